The van der Waals surface area contributed by atoms with E-state index in [2.05, 4.69) is 29.2 Å². The third-order valence-corrected chi connectivity index (χ3v) is 5.27. The van der Waals surface area contributed by atoms with Crippen molar-refractivity contribution in [1.29, 1.82) is 0 Å². The highest BCUT2D eigenvalue weighted by atomic mass is 16.2. The number of nitrogens with zero attached hydrogens (tertiary/aromatic N) is 3. The summed E-state index contributed by atoms with van der Waals surface area (Å²) in [6, 6.07) is 13.1. The first-order valence-electron chi connectivity index (χ1n) is 9.67. The lowest BCUT2D eigenvalue weighted by Gasteiger charge is -2.35. The van der Waals surface area contributed by atoms with Gasteiger partial charge < -0.3 is 5.32 Å². The molecule has 6 nitrogen and oxygen atoms in total. The van der Waals surface area contributed by atoms with Gasteiger partial charge in [-0.05, 0) is 44.8 Å². The minimum Gasteiger partial charge on any atom is -0.353 e. The molecule has 1 N–H and O–H groups in total. The summed E-state index contributed by atoms with van der Waals surface area (Å²) in [5.74, 6) is 0.602. The van der Waals surface area contributed by atoms with Gasteiger partial charge in [-0.15, -0.1) is 0 Å². The molecule has 1 fully saturated rings. The van der Waals surface area contributed by atoms with Gasteiger partial charge >= 0.3 is 0 Å². The largest absolute Gasteiger partial charge is 0.353 e. The van der Waals surface area contributed by atoms with Crippen LogP contribution in [-0.4, -0.2) is 46.3 Å². The third-order valence-electron chi connectivity index (χ3n) is 5.27. The van der Waals surface area contributed by atoms with Crippen molar-refractivity contribution in [3.05, 3.63) is 52.8 Å². The maximum Gasteiger partial charge on any atom is 0.267 e. The molecular weight excluding hydrogens is 340 g/mol. The Hall–Kier alpha value is -2.47. The summed E-state index contributed by atoms with van der Waals surface area (Å²) in [5, 5.41) is 7.29. The predicted octanol–water partition coefficient (Wildman–Crippen LogP) is 2.15. The summed E-state index contributed by atoms with van der Waals surface area (Å²) in [4.78, 5) is 26.8. The molecule has 1 amide bonds. The molecule has 27 heavy (non-hydrogen) atoms. The molecule has 0 aliphatic carbocycles. The van der Waals surface area contributed by atoms with Crippen molar-refractivity contribution in [1.82, 2.24) is 20.0 Å². The summed E-state index contributed by atoms with van der Waals surface area (Å²) in [5.41, 5.74) is 1.32. The Labute approximate surface area is 160 Å². The van der Waals surface area contributed by atoms with Gasteiger partial charge in [0.15, 0.2) is 0 Å². The van der Waals surface area contributed by atoms with Crippen LogP contribution in [0.2, 0.25) is 0 Å². The van der Waals surface area contributed by atoms with Gasteiger partial charge in [-0.3, -0.25) is 14.5 Å². The molecule has 1 aromatic heterocycles. The van der Waals surface area contributed by atoms with E-state index in [9.17, 15) is 9.59 Å². The summed E-state index contributed by atoms with van der Waals surface area (Å²) in [7, 11) is 0. The number of piperidine rings is 1. The average Bonchev–Trinajstić information content (AvgIpc) is 2.69. The minimum absolute atomic E-state index is 0.0662. The van der Waals surface area contributed by atoms with Crippen LogP contribution in [0.1, 0.15) is 26.7 Å². The summed E-state index contributed by atoms with van der Waals surface area (Å²) in [6.07, 6.45) is 2.42. The quantitative estimate of drug-likeness (QED) is 0.848. The number of hydrogen-bond acceptors (Lipinski definition) is 4. The van der Waals surface area contributed by atoms with E-state index in [4.69, 9.17) is 0 Å². The zero-order valence-corrected chi connectivity index (χ0v) is 16.1. The fourth-order valence-electron chi connectivity index (χ4n) is 3.38. The van der Waals surface area contributed by atoms with Crippen LogP contribution in [-0.2, 0) is 11.3 Å². The average molecular weight is 368 g/mol. The molecule has 2 aromatic rings. The second-order valence-electron chi connectivity index (χ2n) is 7.45. The number of hydrogen-bond donors (Lipinski definition) is 1. The molecule has 144 valence electrons. The molecule has 0 spiro atoms. The standard InChI is InChI=1S/C21H28N4O2/c1-16-10-12-24(13-11-16)17(2)14-22-20(26)15-25-21(27)9-8-19(23-25)18-6-4-3-5-7-18/h3-9,16-17H,10-15H2,1-2H3,(H,22,26)/t17-/m0/s1. The van der Waals surface area contributed by atoms with Crippen LogP contribution in [0.15, 0.2) is 47.3 Å². The number of likely N-dealkylation sites (tertiary alicyclic amines) is 1. The highest BCUT2D eigenvalue weighted by molar-refractivity contribution is 5.75. The van der Waals surface area contributed by atoms with Crippen LogP contribution in [0, 0.1) is 5.92 Å². The molecule has 2 heterocycles. The Morgan fingerprint density at radius 2 is 1.89 bits per heavy atom. The van der Waals surface area contributed by atoms with Crippen molar-refractivity contribution in [2.24, 2.45) is 5.92 Å². The maximum atomic E-state index is 12.3. The number of benzene rings is 1. The van der Waals surface area contributed by atoms with Crippen molar-refractivity contribution in [3.8, 4) is 11.3 Å². The van der Waals surface area contributed by atoms with E-state index in [1.54, 1.807) is 6.07 Å². The van der Waals surface area contributed by atoms with Crippen LogP contribution >= 0.6 is 0 Å². The van der Waals surface area contributed by atoms with Crippen LogP contribution in [0.5, 0.6) is 0 Å². The number of nitrogens with one attached hydrogen (secondary N) is 1. The molecule has 3 rings (SSSR count). The van der Waals surface area contributed by atoms with Crippen LogP contribution < -0.4 is 10.9 Å². The van der Waals surface area contributed by atoms with Crippen molar-refractivity contribution in [2.45, 2.75) is 39.3 Å². The molecular formula is C21H28N4O2. The first-order chi connectivity index (χ1) is 13.0. The highest BCUT2D eigenvalue weighted by Crippen LogP contribution is 2.17. The second kappa shape index (κ2) is 8.95. The summed E-state index contributed by atoms with van der Waals surface area (Å²) < 4.78 is 1.23. The zero-order chi connectivity index (χ0) is 19.2. The predicted molar refractivity (Wildman–Crippen MR) is 106 cm³/mol. The van der Waals surface area contributed by atoms with Crippen molar-refractivity contribution < 1.29 is 4.79 Å². The van der Waals surface area contributed by atoms with Crippen LogP contribution in [0.3, 0.4) is 0 Å². The fourth-order valence-corrected chi connectivity index (χ4v) is 3.38. The van der Waals surface area contributed by atoms with E-state index in [0.717, 1.165) is 24.6 Å². The van der Waals surface area contributed by atoms with E-state index in [1.165, 1.54) is 23.6 Å². The lowest BCUT2D eigenvalue weighted by molar-refractivity contribution is -0.122. The van der Waals surface area contributed by atoms with Gasteiger partial charge in [-0.1, -0.05) is 37.3 Å². The van der Waals surface area contributed by atoms with Gasteiger partial charge in [0.2, 0.25) is 5.91 Å². The van der Waals surface area contributed by atoms with Gasteiger partial charge in [0.05, 0.1) is 5.69 Å². The zero-order valence-electron chi connectivity index (χ0n) is 16.1. The van der Waals surface area contributed by atoms with Gasteiger partial charge in [-0.25, -0.2) is 4.68 Å². The number of rotatable bonds is 6. The first kappa shape index (κ1) is 19.3. The normalized spacial score (nSPS) is 16.8. The van der Waals surface area contributed by atoms with Crippen molar-refractivity contribution in [2.75, 3.05) is 19.6 Å². The molecule has 1 aliphatic rings. The number of aromatic nitrogens is 2. The highest BCUT2D eigenvalue weighted by Gasteiger charge is 2.20. The van der Waals surface area contributed by atoms with E-state index in [1.807, 2.05) is 30.3 Å². The number of carbonyl (C=O) groups excluding carboxylic acids is 1. The van der Waals surface area contributed by atoms with E-state index in [0.29, 0.717) is 18.3 Å². The van der Waals surface area contributed by atoms with Crippen molar-refractivity contribution >= 4 is 5.91 Å². The topological polar surface area (TPSA) is 67.2 Å². The maximum absolute atomic E-state index is 12.3. The third kappa shape index (κ3) is 5.26. The van der Waals surface area contributed by atoms with Gasteiger partial charge in [0.1, 0.15) is 6.54 Å². The molecule has 1 aliphatic heterocycles. The molecule has 6 heteroatoms. The minimum atomic E-state index is -0.275. The molecule has 1 aromatic carbocycles. The molecule has 1 atom stereocenters. The van der Waals surface area contributed by atoms with Gasteiger partial charge in [0.25, 0.3) is 5.56 Å². The lowest BCUT2D eigenvalue weighted by Crippen LogP contribution is -2.46. The molecule has 0 radical (unpaired) electrons. The Balaban J connectivity index is 1.57. The van der Waals surface area contributed by atoms with Crippen molar-refractivity contribution in [3.63, 3.8) is 0 Å². The Morgan fingerprint density at radius 1 is 1.19 bits per heavy atom. The lowest BCUT2D eigenvalue weighted by atomic mass is 9.98. The summed E-state index contributed by atoms with van der Waals surface area (Å²) in [6.45, 7) is 7.11. The number of amides is 1. The first-order valence-corrected chi connectivity index (χ1v) is 9.67. The Bertz CT molecular complexity index is 810. The van der Waals surface area contributed by atoms with Crippen LogP contribution in [0.25, 0.3) is 11.3 Å². The van der Waals surface area contributed by atoms with E-state index < -0.39 is 0 Å². The van der Waals surface area contributed by atoms with E-state index >= 15 is 0 Å². The Morgan fingerprint density at radius 3 is 2.59 bits per heavy atom. The molecule has 0 unspecified atom stereocenters. The molecule has 0 saturated carbocycles. The van der Waals surface area contributed by atoms with Crippen LogP contribution in [0.4, 0.5) is 0 Å². The molecule has 0 bridgehead atoms. The molecule has 1 saturated heterocycles. The summed E-state index contributed by atoms with van der Waals surface area (Å²) >= 11 is 0. The second-order valence-corrected chi connectivity index (χ2v) is 7.45. The van der Waals surface area contributed by atoms with Gasteiger partial charge in [0, 0.05) is 24.2 Å². The van der Waals surface area contributed by atoms with E-state index in [-0.39, 0.29) is 18.0 Å². The monoisotopic (exact) mass is 368 g/mol. The number of carbonyl (C=O) groups is 1. The smallest absolute Gasteiger partial charge is 0.267 e. The van der Waals surface area contributed by atoms with Gasteiger partial charge in [-0.2, -0.15) is 5.10 Å². The SMILES string of the molecule is CC1CCN([C@@H](C)CNC(=O)Cn2nc(-c3ccccc3)ccc2=O)CC1. The fraction of sp³-hybridized carbons (Fsp3) is 0.476. The Kier molecular flexibility index (Phi) is 6.40.